The SMILES string of the molecule is CNc1nccc(N2CCC(CC(=O)NCc3ccc(Cl)cc3)CC2)n1. The Hall–Kier alpha value is -2.34. The van der Waals surface area contributed by atoms with Crippen molar-refractivity contribution in [3.63, 3.8) is 0 Å². The van der Waals surface area contributed by atoms with Crippen LogP contribution in [-0.4, -0.2) is 36.0 Å². The number of nitrogens with zero attached hydrogens (tertiary/aromatic N) is 3. The van der Waals surface area contributed by atoms with E-state index in [1.54, 1.807) is 6.20 Å². The summed E-state index contributed by atoms with van der Waals surface area (Å²) in [5.74, 6) is 2.10. The maximum absolute atomic E-state index is 12.2. The summed E-state index contributed by atoms with van der Waals surface area (Å²) in [6, 6.07) is 9.47. The average molecular weight is 374 g/mol. The zero-order chi connectivity index (χ0) is 18.4. The first-order valence-corrected chi connectivity index (χ1v) is 9.28. The van der Waals surface area contributed by atoms with Gasteiger partial charge in [-0.05, 0) is 42.5 Å². The van der Waals surface area contributed by atoms with Crippen LogP contribution in [0.5, 0.6) is 0 Å². The van der Waals surface area contributed by atoms with E-state index < -0.39 is 0 Å². The minimum atomic E-state index is 0.109. The fourth-order valence-electron chi connectivity index (χ4n) is 3.15. The molecule has 1 saturated heterocycles. The van der Waals surface area contributed by atoms with Crippen molar-refractivity contribution in [3.8, 4) is 0 Å². The van der Waals surface area contributed by atoms with Crippen LogP contribution in [0.25, 0.3) is 0 Å². The number of piperidine rings is 1. The largest absolute Gasteiger partial charge is 0.357 e. The normalized spacial score (nSPS) is 14.9. The van der Waals surface area contributed by atoms with E-state index in [0.29, 0.717) is 29.9 Å². The van der Waals surface area contributed by atoms with Gasteiger partial charge in [0.15, 0.2) is 0 Å². The molecule has 26 heavy (non-hydrogen) atoms. The molecule has 0 aliphatic carbocycles. The van der Waals surface area contributed by atoms with Crippen molar-refractivity contribution < 1.29 is 4.79 Å². The predicted octanol–water partition coefficient (Wildman–Crippen LogP) is 3.09. The Morgan fingerprint density at radius 3 is 2.65 bits per heavy atom. The van der Waals surface area contributed by atoms with Crippen LogP contribution in [0.2, 0.25) is 5.02 Å². The summed E-state index contributed by atoms with van der Waals surface area (Å²) < 4.78 is 0. The van der Waals surface area contributed by atoms with Crippen molar-refractivity contribution >= 4 is 29.3 Å². The van der Waals surface area contributed by atoms with E-state index in [2.05, 4.69) is 25.5 Å². The average Bonchev–Trinajstić information content (AvgIpc) is 2.68. The number of carbonyl (C=O) groups is 1. The quantitative estimate of drug-likeness (QED) is 0.814. The lowest BCUT2D eigenvalue weighted by atomic mass is 9.93. The maximum atomic E-state index is 12.2. The molecule has 0 spiro atoms. The first-order valence-electron chi connectivity index (χ1n) is 8.91. The van der Waals surface area contributed by atoms with Crippen LogP contribution < -0.4 is 15.5 Å². The molecule has 138 valence electrons. The molecule has 0 radical (unpaired) electrons. The zero-order valence-corrected chi connectivity index (χ0v) is 15.7. The van der Waals surface area contributed by atoms with E-state index in [4.69, 9.17) is 11.6 Å². The number of halogens is 1. The van der Waals surface area contributed by atoms with Crippen LogP contribution >= 0.6 is 11.6 Å². The third-order valence-corrected chi connectivity index (χ3v) is 4.93. The van der Waals surface area contributed by atoms with Crippen molar-refractivity contribution in [2.24, 2.45) is 5.92 Å². The van der Waals surface area contributed by atoms with Crippen molar-refractivity contribution in [2.75, 3.05) is 30.4 Å². The summed E-state index contributed by atoms with van der Waals surface area (Å²) in [6.07, 6.45) is 4.33. The number of hydrogen-bond donors (Lipinski definition) is 2. The number of benzene rings is 1. The van der Waals surface area contributed by atoms with Crippen LogP contribution in [0.3, 0.4) is 0 Å². The Morgan fingerprint density at radius 2 is 1.96 bits per heavy atom. The van der Waals surface area contributed by atoms with Gasteiger partial charge in [-0.25, -0.2) is 4.98 Å². The van der Waals surface area contributed by atoms with E-state index in [0.717, 1.165) is 37.3 Å². The molecular weight excluding hydrogens is 350 g/mol. The number of nitrogens with one attached hydrogen (secondary N) is 2. The van der Waals surface area contributed by atoms with E-state index >= 15 is 0 Å². The molecule has 1 aromatic carbocycles. The standard InChI is InChI=1S/C19H24ClN5O/c1-21-19-22-9-6-17(24-19)25-10-7-14(8-11-25)12-18(26)23-13-15-2-4-16(20)5-3-15/h2-6,9,14H,7-8,10-13H2,1H3,(H,23,26)(H,21,22,24). The molecule has 3 rings (SSSR count). The molecule has 1 aliphatic heterocycles. The Labute approximate surface area is 159 Å². The molecule has 2 aromatic rings. The topological polar surface area (TPSA) is 70.2 Å². The predicted molar refractivity (Wildman–Crippen MR) is 104 cm³/mol. The molecular formula is C19H24ClN5O. The highest BCUT2D eigenvalue weighted by molar-refractivity contribution is 6.30. The van der Waals surface area contributed by atoms with Crippen LogP contribution in [0.15, 0.2) is 36.5 Å². The van der Waals surface area contributed by atoms with Crippen molar-refractivity contribution in [1.82, 2.24) is 15.3 Å². The van der Waals surface area contributed by atoms with Gasteiger partial charge in [0.05, 0.1) is 0 Å². The molecule has 0 bridgehead atoms. The highest BCUT2D eigenvalue weighted by Gasteiger charge is 2.22. The number of aromatic nitrogens is 2. The number of rotatable bonds is 6. The van der Waals surface area contributed by atoms with Crippen molar-refractivity contribution in [1.29, 1.82) is 0 Å². The number of amides is 1. The van der Waals surface area contributed by atoms with Crippen LogP contribution in [0.4, 0.5) is 11.8 Å². The Bertz CT molecular complexity index is 729. The minimum Gasteiger partial charge on any atom is -0.357 e. The van der Waals surface area contributed by atoms with Gasteiger partial charge in [-0.2, -0.15) is 4.98 Å². The second-order valence-corrected chi connectivity index (χ2v) is 6.96. The summed E-state index contributed by atoms with van der Waals surface area (Å²) in [4.78, 5) is 23.1. The fourth-order valence-corrected chi connectivity index (χ4v) is 3.28. The molecule has 0 atom stereocenters. The van der Waals surface area contributed by atoms with Gasteiger partial charge in [-0.3, -0.25) is 4.79 Å². The fraction of sp³-hybridized carbons (Fsp3) is 0.421. The molecule has 1 fully saturated rings. The van der Waals surface area contributed by atoms with Crippen molar-refractivity contribution in [2.45, 2.75) is 25.8 Å². The van der Waals surface area contributed by atoms with Crippen molar-refractivity contribution in [3.05, 3.63) is 47.1 Å². The molecule has 6 nitrogen and oxygen atoms in total. The zero-order valence-electron chi connectivity index (χ0n) is 14.9. The van der Waals surface area contributed by atoms with Gasteiger partial charge in [-0.1, -0.05) is 23.7 Å². The highest BCUT2D eigenvalue weighted by Crippen LogP contribution is 2.24. The van der Waals surface area contributed by atoms with Gasteiger partial charge in [0, 0.05) is 44.3 Å². The minimum absolute atomic E-state index is 0.109. The third kappa shape index (κ3) is 5.08. The molecule has 1 aromatic heterocycles. The van der Waals surface area contributed by atoms with E-state index in [1.807, 2.05) is 37.4 Å². The van der Waals surface area contributed by atoms with Gasteiger partial charge < -0.3 is 15.5 Å². The molecule has 1 amide bonds. The monoisotopic (exact) mass is 373 g/mol. The maximum Gasteiger partial charge on any atom is 0.224 e. The smallest absolute Gasteiger partial charge is 0.224 e. The van der Waals surface area contributed by atoms with E-state index in [-0.39, 0.29) is 5.91 Å². The van der Waals surface area contributed by atoms with Gasteiger partial charge >= 0.3 is 0 Å². The molecule has 2 heterocycles. The van der Waals surface area contributed by atoms with Gasteiger partial charge in [-0.15, -0.1) is 0 Å². The number of anilines is 2. The third-order valence-electron chi connectivity index (χ3n) is 4.68. The lowest BCUT2D eigenvalue weighted by Crippen LogP contribution is -2.36. The second kappa shape index (κ2) is 8.85. The highest BCUT2D eigenvalue weighted by atomic mass is 35.5. The Kier molecular flexibility index (Phi) is 6.28. The Morgan fingerprint density at radius 1 is 1.23 bits per heavy atom. The summed E-state index contributed by atoms with van der Waals surface area (Å²) in [6.45, 7) is 2.37. The summed E-state index contributed by atoms with van der Waals surface area (Å²) in [5, 5.41) is 6.67. The van der Waals surface area contributed by atoms with Crippen LogP contribution in [-0.2, 0) is 11.3 Å². The molecule has 2 N–H and O–H groups in total. The van der Waals surface area contributed by atoms with E-state index in [9.17, 15) is 4.79 Å². The van der Waals surface area contributed by atoms with Gasteiger partial charge in [0.1, 0.15) is 5.82 Å². The lowest BCUT2D eigenvalue weighted by Gasteiger charge is -2.32. The first kappa shape index (κ1) is 18.5. The Balaban J connectivity index is 1.43. The second-order valence-electron chi connectivity index (χ2n) is 6.53. The van der Waals surface area contributed by atoms with Crippen LogP contribution in [0, 0.1) is 5.92 Å². The summed E-state index contributed by atoms with van der Waals surface area (Å²) >= 11 is 5.87. The van der Waals surface area contributed by atoms with E-state index in [1.165, 1.54) is 0 Å². The number of carbonyl (C=O) groups excluding carboxylic acids is 1. The molecule has 0 unspecified atom stereocenters. The van der Waals surface area contributed by atoms with Gasteiger partial charge in [0.2, 0.25) is 11.9 Å². The lowest BCUT2D eigenvalue weighted by molar-refractivity contribution is -0.122. The summed E-state index contributed by atoms with van der Waals surface area (Å²) in [5.41, 5.74) is 1.06. The molecule has 7 heteroatoms. The van der Waals surface area contributed by atoms with Crippen LogP contribution in [0.1, 0.15) is 24.8 Å². The first-order chi connectivity index (χ1) is 12.6. The van der Waals surface area contributed by atoms with Gasteiger partial charge in [0.25, 0.3) is 0 Å². The summed E-state index contributed by atoms with van der Waals surface area (Å²) in [7, 11) is 1.81. The molecule has 1 aliphatic rings. The number of hydrogen-bond acceptors (Lipinski definition) is 5. The molecule has 0 saturated carbocycles.